The first-order chi connectivity index (χ1) is 11.2. The Morgan fingerprint density at radius 2 is 2.08 bits per heavy atom. The molecule has 0 bridgehead atoms. The summed E-state index contributed by atoms with van der Waals surface area (Å²) in [6.45, 7) is 2.37. The summed E-state index contributed by atoms with van der Waals surface area (Å²) in [6.07, 6.45) is -3.18. The molecule has 2 atom stereocenters. The topological polar surface area (TPSA) is 57.6 Å². The predicted molar refractivity (Wildman–Crippen MR) is 81.4 cm³/mol. The van der Waals surface area contributed by atoms with E-state index in [0.717, 1.165) is 12.1 Å². The third-order valence-corrected chi connectivity index (χ3v) is 4.39. The zero-order valence-electron chi connectivity index (χ0n) is 13.3. The van der Waals surface area contributed by atoms with E-state index >= 15 is 0 Å². The molecule has 1 N–H and O–H groups in total. The maximum atomic E-state index is 12.8. The smallest absolute Gasteiger partial charge is 0.416 e. The molecule has 2 rings (SSSR count). The molecule has 1 heterocycles. The Hall–Kier alpha value is -2.05. The molecule has 0 aliphatic carbocycles. The second-order valence-corrected chi connectivity index (χ2v) is 6.25. The molecule has 0 saturated carbocycles. The Balaban J connectivity index is 2.02. The van der Waals surface area contributed by atoms with Gasteiger partial charge in [0.05, 0.1) is 11.5 Å². The highest BCUT2D eigenvalue weighted by Gasteiger charge is 2.31. The molecule has 1 aliphatic rings. The van der Waals surface area contributed by atoms with Crippen molar-refractivity contribution >= 4 is 11.9 Å². The molecule has 4 nitrogen and oxygen atoms in total. The average molecular weight is 343 g/mol. The maximum absolute atomic E-state index is 12.8. The van der Waals surface area contributed by atoms with Crippen LogP contribution < -0.4 is 0 Å². The molecule has 0 radical (unpaired) electrons. The molecule has 1 amide bonds. The van der Waals surface area contributed by atoms with Crippen LogP contribution in [-0.2, 0) is 15.8 Å². The molecule has 1 aromatic carbocycles. The fraction of sp³-hybridized carbons (Fsp3) is 0.529. The number of carbonyl (C=O) groups is 2. The lowest BCUT2D eigenvalue weighted by Crippen LogP contribution is -2.42. The van der Waals surface area contributed by atoms with Crippen LogP contribution in [0.15, 0.2) is 24.3 Å². The molecule has 1 fully saturated rings. The van der Waals surface area contributed by atoms with Gasteiger partial charge in [0.1, 0.15) is 0 Å². The number of amides is 1. The maximum Gasteiger partial charge on any atom is 0.416 e. The van der Waals surface area contributed by atoms with Crippen LogP contribution >= 0.6 is 0 Å². The summed E-state index contributed by atoms with van der Waals surface area (Å²) >= 11 is 0. The first kappa shape index (κ1) is 18.3. The van der Waals surface area contributed by atoms with E-state index in [1.165, 1.54) is 11.0 Å². The van der Waals surface area contributed by atoms with Gasteiger partial charge in [-0.05, 0) is 30.4 Å². The van der Waals surface area contributed by atoms with E-state index in [2.05, 4.69) is 0 Å². The van der Waals surface area contributed by atoms with Crippen molar-refractivity contribution in [3.05, 3.63) is 35.4 Å². The minimum absolute atomic E-state index is 0.0631. The van der Waals surface area contributed by atoms with Crippen molar-refractivity contribution in [2.45, 2.75) is 38.3 Å². The number of nitrogens with zero attached hydrogens (tertiary/aromatic N) is 1. The zero-order chi connectivity index (χ0) is 17.9. The second-order valence-electron chi connectivity index (χ2n) is 6.25. The standard InChI is InChI=1S/C17H20F3NO3/c1-11(12-4-2-6-14(9-12)17(18,19)20)8-15(22)21-7-3-5-13(10-21)16(23)24/h2,4,6,9,11,13H,3,5,7-8,10H2,1H3,(H,23,24)/t11-,13+/m1/s1. The summed E-state index contributed by atoms with van der Waals surface area (Å²) in [5.41, 5.74) is -0.284. The number of carboxylic acids is 1. The van der Waals surface area contributed by atoms with Gasteiger partial charge in [-0.3, -0.25) is 9.59 Å². The zero-order valence-corrected chi connectivity index (χ0v) is 13.3. The highest BCUT2D eigenvalue weighted by Crippen LogP contribution is 2.32. The van der Waals surface area contributed by atoms with Crippen molar-refractivity contribution in [2.75, 3.05) is 13.1 Å². The number of aliphatic carboxylic acids is 1. The van der Waals surface area contributed by atoms with Crippen LogP contribution in [-0.4, -0.2) is 35.0 Å². The second kappa shape index (κ2) is 7.23. The lowest BCUT2D eigenvalue weighted by molar-refractivity contribution is -0.145. The molecule has 24 heavy (non-hydrogen) atoms. The molecular weight excluding hydrogens is 323 g/mol. The van der Waals surface area contributed by atoms with Gasteiger partial charge in [0, 0.05) is 19.5 Å². The number of hydrogen-bond donors (Lipinski definition) is 1. The van der Waals surface area contributed by atoms with Crippen LogP contribution in [0, 0.1) is 5.92 Å². The molecule has 1 aliphatic heterocycles. The van der Waals surface area contributed by atoms with Crippen molar-refractivity contribution in [3.63, 3.8) is 0 Å². The largest absolute Gasteiger partial charge is 0.481 e. The Bertz CT molecular complexity index is 615. The van der Waals surface area contributed by atoms with E-state index in [4.69, 9.17) is 5.11 Å². The van der Waals surface area contributed by atoms with Crippen molar-refractivity contribution in [3.8, 4) is 0 Å². The highest BCUT2D eigenvalue weighted by molar-refractivity contribution is 5.78. The minimum atomic E-state index is -4.42. The van der Waals surface area contributed by atoms with Gasteiger partial charge in [-0.1, -0.05) is 25.1 Å². The number of piperidine rings is 1. The van der Waals surface area contributed by atoms with Crippen molar-refractivity contribution in [1.82, 2.24) is 4.90 Å². The van der Waals surface area contributed by atoms with Gasteiger partial charge < -0.3 is 10.0 Å². The van der Waals surface area contributed by atoms with Crippen LogP contribution in [0.2, 0.25) is 0 Å². The van der Waals surface area contributed by atoms with Gasteiger partial charge >= 0.3 is 12.1 Å². The number of carbonyl (C=O) groups excluding carboxylic acids is 1. The van der Waals surface area contributed by atoms with Crippen LogP contribution in [0.1, 0.15) is 43.2 Å². The number of benzene rings is 1. The summed E-state index contributed by atoms with van der Waals surface area (Å²) < 4.78 is 38.3. The number of halogens is 3. The predicted octanol–water partition coefficient (Wildman–Crippen LogP) is 3.52. The van der Waals surface area contributed by atoms with E-state index in [1.807, 2.05) is 0 Å². The summed E-state index contributed by atoms with van der Waals surface area (Å²) in [6, 6.07) is 4.97. The fourth-order valence-electron chi connectivity index (χ4n) is 2.94. The van der Waals surface area contributed by atoms with E-state index in [9.17, 15) is 22.8 Å². The van der Waals surface area contributed by atoms with E-state index in [1.54, 1.807) is 13.0 Å². The quantitative estimate of drug-likeness (QED) is 0.910. The van der Waals surface area contributed by atoms with Crippen LogP contribution in [0.4, 0.5) is 13.2 Å². The van der Waals surface area contributed by atoms with Crippen LogP contribution in [0.3, 0.4) is 0 Å². The molecule has 0 spiro atoms. The van der Waals surface area contributed by atoms with Crippen LogP contribution in [0.25, 0.3) is 0 Å². The molecule has 7 heteroatoms. The number of carboxylic acid groups (broad SMARTS) is 1. The Morgan fingerprint density at radius 3 is 2.71 bits per heavy atom. The van der Waals surface area contributed by atoms with E-state index in [-0.39, 0.29) is 24.8 Å². The minimum Gasteiger partial charge on any atom is -0.481 e. The SMILES string of the molecule is C[C@H](CC(=O)N1CCC[C@H](C(=O)O)C1)c1cccc(C(F)(F)F)c1. The third-order valence-electron chi connectivity index (χ3n) is 4.39. The lowest BCUT2D eigenvalue weighted by Gasteiger charge is -2.31. The number of rotatable bonds is 4. The van der Waals surface area contributed by atoms with E-state index < -0.39 is 23.6 Å². The van der Waals surface area contributed by atoms with Crippen molar-refractivity contribution in [2.24, 2.45) is 5.92 Å². The first-order valence-electron chi connectivity index (χ1n) is 7.86. The van der Waals surface area contributed by atoms with Gasteiger partial charge in [0.2, 0.25) is 5.91 Å². The van der Waals surface area contributed by atoms with Crippen molar-refractivity contribution in [1.29, 1.82) is 0 Å². The first-order valence-corrected chi connectivity index (χ1v) is 7.86. The number of alkyl halides is 3. The Morgan fingerprint density at radius 1 is 1.38 bits per heavy atom. The van der Waals surface area contributed by atoms with Gasteiger partial charge in [0.15, 0.2) is 0 Å². The molecule has 132 valence electrons. The van der Waals surface area contributed by atoms with Gasteiger partial charge in [-0.15, -0.1) is 0 Å². The fourth-order valence-corrected chi connectivity index (χ4v) is 2.94. The van der Waals surface area contributed by atoms with E-state index in [0.29, 0.717) is 24.9 Å². The molecule has 0 aromatic heterocycles. The van der Waals surface area contributed by atoms with Crippen molar-refractivity contribution < 1.29 is 27.9 Å². The lowest BCUT2D eigenvalue weighted by atomic mass is 9.93. The monoisotopic (exact) mass is 343 g/mol. The normalized spacial score (nSPS) is 19.8. The Kier molecular flexibility index (Phi) is 5.51. The summed E-state index contributed by atoms with van der Waals surface area (Å²) in [7, 11) is 0. The van der Waals surface area contributed by atoms with Gasteiger partial charge in [0.25, 0.3) is 0 Å². The number of hydrogen-bond acceptors (Lipinski definition) is 2. The summed E-state index contributed by atoms with van der Waals surface area (Å²) in [5, 5.41) is 9.06. The van der Waals surface area contributed by atoms with Gasteiger partial charge in [-0.25, -0.2) is 0 Å². The van der Waals surface area contributed by atoms with Crippen LogP contribution in [0.5, 0.6) is 0 Å². The number of likely N-dealkylation sites (tertiary alicyclic amines) is 1. The van der Waals surface area contributed by atoms with Gasteiger partial charge in [-0.2, -0.15) is 13.2 Å². The summed E-state index contributed by atoms with van der Waals surface area (Å²) in [4.78, 5) is 24.9. The molecule has 1 saturated heterocycles. The molecule has 0 unspecified atom stereocenters. The highest BCUT2D eigenvalue weighted by atomic mass is 19.4. The Labute approximate surface area is 138 Å². The summed E-state index contributed by atoms with van der Waals surface area (Å²) in [5.74, 6) is -2.07. The third kappa shape index (κ3) is 4.49. The molecule has 1 aromatic rings. The molecular formula is C17H20F3NO3. The average Bonchev–Trinajstić information content (AvgIpc) is 2.54.